The van der Waals surface area contributed by atoms with Gasteiger partial charge in [-0.05, 0) is 12.8 Å². The standard InChI is InChI=1S/C12H18N4O3/c1-7(2)9-13-10(15-14-9)11(17)16-5-3-8(4-6-16)12(18)19/h7-8H,3-6H2,1-2H3,(H,18,19)(H,13,14,15). The molecule has 104 valence electrons. The van der Waals surface area contributed by atoms with Gasteiger partial charge in [-0.3, -0.25) is 14.7 Å². The molecule has 0 atom stereocenters. The summed E-state index contributed by atoms with van der Waals surface area (Å²) in [5.41, 5.74) is 0. The molecule has 0 aliphatic carbocycles. The number of nitrogens with zero attached hydrogens (tertiary/aromatic N) is 3. The minimum Gasteiger partial charge on any atom is -0.481 e. The third-order valence-corrected chi connectivity index (χ3v) is 3.37. The molecule has 1 saturated heterocycles. The Hall–Kier alpha value is -1.92. The third-order valence-electron chi connectivity index (χ3n) is 3.37. The number of hydrogen-bond donors (Lipinski definition) is 2. The number of piperidine rings is 1. The molecule has 1 amide bonds. The van der Waals surface area contributed by atoms with Gasteiger partial charge in [0, 0.05) is 19.0 Å². The van der Waals surface area contributed by atoms with Crippen LogP contribution in [0.4, 0.5) is 0 Å². The molecule has 2 heterocycles. The van der Waals surface area contributed by atoms with Crippen molar-refractivity contribution in [2.24, 2.45) is 5.92 Å². The molecule has 0 aromatic carbocycles. The molecule has 2 rings (SSSR count). The predicted octanol–water partition coefficient (Wildman–Crippen LogP) is 0.865. The van der Waals surface area contributed by atoms with Crippen molar-refractivity contribution in [2.75, 3.05) is 13.1 Å². The highest BCUT2D eigenvalue weighted by molar-refractivity contribution is 5.90. The second kappa shape index (κ2) is 5.38. The van der Waals surface area contributed by atoms with Crippen molar-refractivity contribution in [2.45, 2.75) is 32.6 Å². The van der Waals surface area contributed by atoms with Crippen LogP contribution in [0.15, 0.2) is 0 Å². The smallest absolute Gasteiger partial charge is 0.306 e. The summed E-state index contributed by atoms with van der Waals surface area (Å²) in [4.78, 5) is 28.8. The van der Waals surface area contributed by atoms with Gasteiger partial charge in [-0.1, -0.05) is 13.8 Å². The minimum absolute atomic E-state index is 0.164. The SMILES string of the molecule is CC(C)c1nc(C(=O)N2CCC(C(=O)O)CC2)n[nH]1. The molecule has 7 heteroatoms. The molecule has 7 nitrogen and oxygen atoms in total. The van der Waals surface area contributed by atoms with Crippen LogP contribution in [-0.2, 0) is 4.79 Å². The van der Waals surface area contributed by atoms with Crippen LogP contribution < -0.4 is 0 Å². The summed E-state index contributed by atoms with van der Waals surface area (Å²) in [7, 11) is 0. The highest BCUT2D eigenvalue weighted by atomic mass is 16.4. The maximum atomic E-state index is 12.1. The van der Waals surface area contributed by atoms with Crippen molar-refractivity contribution in [3.8, 4) is 0 Å². The predicted molar refractivity (Wildman–Crippen MR) is 66.7 cm³/mol. The zero-order valence-electron chi connectivity index (χ0n) is 11.1. The van der Waals surface area contributed by atoms with Gasteiger partial charge in [-0.15, -0.1) is 5.10 Å². The summed E-state index contributed by atoms with van der Waals surface area (Å²) in [6.45, 7) is 4.82. The molecule has 2 N–H and O–H groups in total. The number of carboxylic acids is 1. The molecular formula is C12H18N4O3. The number of rotatable bonds is 3. The third kappa shape index (κ3) is 2.91. The Morgan fingerprint density at radius 2 is 2.00 bits per heavy atom. The fraction of sp³-hybridized carbons (Fsp3) is 0.667. The van der Waals surface area contributed by atoms with Crippen LogP contribution in [-0.4, -0.2) is 50.2 Å². The van der Waals surface area contributed by atoms with E-state index in [1.54, 1.807) is 4.90 Å². The Kier molecular flexibility index (Phi) is 3.82. The molecule has 0 spiro atoms. The average Bonchev–Trinajstić information content (AvgIpc) is 2.87. The molecule has 0 unspecified atom stereocenters. The zero-order valence-corrected chi connectivity index (χ0v) is 11.1. The van der Waals surface area contributed by atoms with E-state index in [-0.39, 0.29) is 23.6 Å². The van der Waals surface area contributed by atoms with E-state index in [1.165, 1.54) is 0 Å². The lowest BCUT2D eigenvalue weighted by Gasteiger charge is -2.29. The minimum atomic E-state index is -0.785. The van der Waals surface area contributed by atoms with Crippen LogP contribution in [0.5, 0.6) is 0 Å². The van der Waals surface area contributed by atoms with Crippen molar-refractivity contribution in [1.29, 1.82) is 0 Å². The number of H-pyrrole nitrogens is 1. The van der Waals surface area contributed by atoms with Crippen LogP contribution in [0, 0.1) is 5.92 Å². The zero-order chi connectivity index (χ0) is 14.0. The highest BCUT2D eigenvalue weighted by Gasteiger charge is 2.29. The van der Waals surface area contributed by atoms with Crippen LogP contribution in [0.25, 0.3) is 0 Å². The molecule has 0 radical (unpaired) electrons. The van der Waals surface area contributed by atoms with E-state index >= 15 is 0 Å². The molecule has 1 aromatic rings. The fourth-order valence-electron chi connectivity index (χ4n) is 2.10. The van der Waals surface area contributed by atoms with Gasteiger partial charge in [0.1, 0.15) is 5.82 Å². The normalized spacial score (nSPS) is 16.9. The molecule has 0 bridgehead atoms. The Morgan fingerprint density at radius 1 is 1.37 bits per heavy atom. The second-order valence-corrected chi connectivity index (χ2v) is 5.10. The first-order valence-corrected chi connectivity index (χ1v) is 6.43. The molecular weight excluding hydrogens is 248 g/mol. The number of hydrogen-bond acceptors (Lipinski definition) is 4. The number of carbonyl (C=O) groups is 2. The van der Waals surface area contributed by atoms with Crippen LogP contribution >= 0.6 is 0 Å². The van der Waals surface area contributed by atoms with Crippen LogP contribution in [0.2, 0.25) is 0 Å². The van der Waals surface area contributed by atoms with Crippen LogP contribution in [0.1, 0.15) is 49.1 Å². The highest BCUT2D eigenvalue weighted by Crippen LogP contribution is 2.18. The number of likely N-dealkylation sites (tertiary alicyclic amines) is 1. The van der Waals surface area contributed by atoms with Crippen molar-refractivity contribution in [1.82, 2.24) is 20.1 Å². The summed E-state index contributed by atoms with van der Waals surface area (Å²) < 4.78 is 0. The lowest BCUT2D eigenvalue weighted by molar-refractivity contribution is -0.143. The van der Waals surface area contributed by atoms with Gasteiger partial charge in [0.05, 0.1) is 5.92 Å². The summed E-state index contributed by atoms with van der Waals surface area (Å²) >= 11 is 0. The number of carbonyl (C=O) groups excluding carboxylic acids is 1. The van der Waals surface area contributed by atoms with Crippen LogP contribution in [0.3, 0.4) is 0 Å². The number of carboxylic acid groups (broad SMARTS) is 1. The Morgan fingerprint density at radius 3 is 2.47 bits per heavy atom. The summed E-state index contributed by atoms with van der Waals surface area (Å²) in [6.07, 6.45) is 0.977. The first-order chi connectivity index (χ1) is 8.99. The van der Waals surface area contributed by atoms with E-state index in [0.717, 1.165) is 0 Å². The number of aromatic amines is 1. The van der Waals surface area contributed by atoms with Crippen molar-refractivity contribution < 1.29 is 14.7 Å². The van der Waals surface area contributed by atoms with Gasteiger partial charge < -0.3 is 10.0 Å². The van der Waals surface area contributed by atoms with E-state index in [4.69, 9.17) is 5.11 Å². The van der Waals surface area contributed by atoms with Gasteiger partial charge in [0.2, 0.25) is 5.82 Å². The van der Waals surface area contributed by atoms with E-state index < -0.39 is 5.97 Å². The Bertz CT molecular complexity index is 475. The first-order valence-electron chi connectivity index (χ1n) is 6.43. The summed E-state index contributed by atoms with van der Waals surface area (Å²) in [5, 5.41) is 15.6. The van der Waals surface area contributed by atoms with Crippen molar-refractivity contribution in [3.05, 3.63) is 11.6 Å². The van der Waals surface area contributed by atoms with Gasteiger partial charge in [-0.2, -0.15) is 0 Å². The maximum absolute atomic E-state index is 12.1. The largest absolute Gasteiger partial charge is 0.481 e. The van der Waals surface area contributed by atoms with E-state index in [1.807, 2.05) is 13.8 Å². The number of aromatic nitrogens is 3. The summed E-state index contributed by atoms with van der Waals surface area (Å²) in [6, 6.07) is 0. The maximum Gasteiger partial charge on any atom is 0.306 e. The molecule has 1 aromatic heterocycles. The van der Waals surface area contributed by atoms with E-state index in [0.29, 0.717) is 31.8 Å². The topological polar surface area (TPSA) is 99.2 Å². The molecule has 1 fully saturated rings. The summed E-state index contributed by atoms with van der Waals surface area (Å²) in [5.74, 6) is -0.325. The Balaban J connectivity index is 1.99. The van der Waals surface area contributed by atoms with Gasteiger partial charge in [0.15, 0.2) is 0 Å². The van der Waals surface area contributed by atoms with Gasteiger partial charge in [0.25, 0.3) is 5.91 Å². The van der Waals surface area contributed by atoms with E-state index in [9.17, 15) is 9.59 Å². The molecule has 1 aliphatic rings. The second-order valence-electron chi connectivity index (χ2n) is 5.10. The van der Waals surface area contributed by atoms with Crippen molar-refractivity contribution in [3.63, 3.8) is 0 Å². The van der Waals surface area contributed by atoms with Gasteiger partial charge in [-0.25, -0.2) is 4.98 Å². The lowest BCUT2D eigenvalue weighted by atomic mass is 9.97. The average molecular weight is 266 g/mol. The Labute approximate surface area is 111 Å². The molecule has 19 heavy (non-hydrogen) atoms. The quantitative estimate of drug-likeness (QED) is 0.845. The molecule has 1 aliphatic heterocycles. The fourth-order valence-corrected chi connectivity index (χ4v) is 2.10. The lowest BCUT2D eigenvalue weighted by Crippen LogP contribution is -2.40. The number of aliphatic carboxylic acids is 1. The van der Waals surface area contributed by atoms with Gasteiger partial charge >= 0.3 is 5.97 Å². The first kappa shape index (κ1) is 13.5. The number of nitrogens with one attached hydrogen (secondary N) is 1. The van der Waals surface area contributed by atoms with E-state index in [2.05, 4.69) is 15.2 Å². The van der Waals surface area contributed by atoms with Crippen molar-refractivity contribution >= 4 is 11.9 Å². The number of amides is 1. The monoisotopic (exact) mass is 266 g/mol. The molecule has 0 saturated carbocycles.